The molecule has 4 heterocycles. The lowest BCUT2D eigenvalue weighted by molar-refractivity contribution is -0.126. The third kappa shape index (κ3) is 4.57. The van der Waals surface area contributed by atoms with Crippen molar-refractivity contribution in [1.29, 1.82) is 0 Å². The van der Waals surface area contributed by atoms with Gasteiger partial charge in [0.15, 0.2) is 11.6 Å². The fourth-order valence-corrected chi connectivity index (χ4v) is 6.51. The number of rotatable bonds is 4. The molecule has 228 valence electrons. The van der Waals surface area contributed by atoms with Crippen LogP contribution in [-0.4, -0.2) is 62.7 Å². The first-order valence-electron chi connectivity index (χ1n) is 14.3. The van der Waals surface area contributed by atoms with Crippen molar-refractivity contribution >= 4 is 34.2 Å². The summed E-state index contributed by atoms with van der Waals surface area (Å²) in [5, 5.41) is 10.6. The minimum Gasteiger partial charge on any atom is -0.507 e. The molecule has 1 N–H and O–H groups in total. The molecule has 1 unspecified atom stereocenters. The summed E-state index contributed by atoms with van der Waals surface area (Å²) in [5.41, 5.74) is -0.432. The molecule has 44 heavy (non-hydrogen) atoms. The Hall–Kier alpha value is -4.51. The third-order valence-corrected chi connectivity index (χ3v) is 8.62. The Morgan fingerprint density at radius 3 is 2.70 bits per heavy atom. The second-order valence-corrected chi connectivity index (χ2v) is 11.6. The van der Waals surface area contributed by atoms with E-state index in [1.54, 1.807) is 24.1 Å². The number of hydrogen-bond donors (Lipinski definition) is 1. The van der Waals surface area contributed by atoms with E-state index in [4.69, 9.17) is 16.3 Å². The normalized spacial score (nSPS) is 16.4. The summed E-state index contributed by atoms with van der Waals surface area (Å²) in [6.07, 6.45) is 3.28. The van der Waals surface area contributed by atoms with Crippen LogP contribution in [0.15, 0.2) is 47.9 Å². The molecule has 2 aromatic carbocycles. The number of piperazine rings is 1. The van der Waals surface area contributed by atoms with Crippen LogP contribution in [-0.2, 0) is 4.79 Å². The van der Waals surface area contributed by atoms with Gasteiger partial charge >= 0.3 is 5.69 Å². The Morgan fingerprint density at radius 1 is 1.23 bits per heavy atom. The second kappa shape index (κ2) is 11.2. The molecule has 9 nitrogen and oxygen atoms in total. The van der Waals surface area contributed by atoms with E-state index in [2.05, 4.69) is 16.5 Å². The molecule has 2 aromatic heterocycles. The number of aryl methyl sites for hydroxylation is 1. The van der Waals surface area contributed by atoms with E-state index in [0.29, 0.717) is 43.0 Å². The van der Waals surface area contributed by atoms with Gasteiger partial charge in [0.25, 0.3) is 0 Å². The van der Waals surface area contributed by atoms with Gasteiger partial charge in [0.05, 0.1) is 40.0 Å². The van der Waals surface area contributed by atoms with Crippen molar-refractivity contribution in [3.63, 3.8) is 0 Å². The Balaban J connectivity index is 1.77. The zero-order chi connectivity index (χ0) is 31.4. The van der Waals surface area contributed by atoms with Gasteiger partial charge in [-0.15, -0.1) is 0 Å². The minimum atomic E-state index is -1.03. The highest BCUT2D eigenvalue weighted by atomic mass is 35.5. The van der Waals surface area contributed by atoms with Crippen molar-refractivity contribution in [3.8, 4) is 28.3 Å². The second-order valence-electron chi connectivity index (χ2n) is 11.2. The zero-order valence-corrected chi connectivity index (χ0v) is 25.2. The van der Waals surface area contributed by atoms with E-state index in [-0.39, 0.29) is 52.0 Å². The van der Waals surface area contributed by atoms with Crippen LogP contribution >= 0.6 is 11.6 Å². The predicted octanol–water partition coefficient (Wildman–Crippen LogP) is 5.50. The summed E-state index contributed by atoms with van der Waals surface area (Å²) in [5.74, 6) is -2.71. The minimum absolute atomic E-state index is 0.00709. The number of hydrogen-bond acceptors (Lipinski definition) is 7. The average Bonchev–Trinajstić information content (AvgIpc) is 2.98. The number of carbonyl (C=O) groups excluding carboxylic acids is 1. The maximum absolute atomic E-state index is 17.3. The highest BCUT2D eigenvalue weighted by molar-refractivity contribution is 6.36. The summed E-state index contributed by atoms with van der Waals surface area (Å²) in [6, 6.07) is 5.00. The highest BCUT2D eigenvalue weighted by Crippen LogP contribution is 2.50. The van der Waals surface area contributed by atoms with E-state index in [1.165, 1.54) is 18.2 Å². The van der Waals surface area contributed by atoms with Gasteiger partial charge in [-0.25, -0.2) is 13.6 Å². The van der Waals surface area contributed by atoms with Gasteiger partial charge in [-0.3, -0.25) is 14.3 Å². The number of amides is 1. The molecule has 2 aliphatic heterocycles. The SMILES string of the molecule is C=CC(=O)N1CCN2c3nc(=O)n(-c4c(C)ccnc4C(C)C)c4c(F)c(-c5c(O)cccc5F)c(Cl)c(c34)OCCC2C1. The summed E-state index contributed by atoms with van der Waals surface area (Å²) in [6.45, 7) is 10.2. The number of phenolic OH excluding ortho intramolecular Hbond substituents is 1. The lowest BCUT2D eigenvalue weighted by Gasteiger charge is -2.43. The van der Waals surface area contributed by atoms with Crippen LogP contribution in [0.1, 0.15) is 37.4 Å². The van der Waals surface area contributed by atoms with Gasteiger partial charge in [-0.2, -0.15) is 4.98 Å². The Morgan fingerprint density at radius 2 is 2.00 bits per heavy atom. The standard InChI is InChI=1S/C32H30ClF2N5O4/c1-5-21(42)38-12-13-39-18(15-38)10-14-44-30-24-29(26(35)23(25(30)33)22-19(34)7-6-8-20(22)41)40(32(43)37-31(24)39)28-17(4)9-11-36-27(28)16(2)3/h5-9,11,16,18,41H,1,10,12-15H2,2-4H3. The molecule has 1 atom stereocenters. The summed E-state index contributed by atoms with van der Waals surface area (Å²) in [7, 11) is 0. The molecule has 0 bridgehead atoms. The van der Waals surface area contributed by atoms with Crippen molar-refractivity contribution < 1.29 is 23.4 Å². The Labute approximate surface area is 257 Å². The maximum Gasteiger partial charge on any atom is 0.354 e. The van der Waals surface area contributed by atoms with Crippen LogP contribution in [0.4, 0.5) is 14.6 Å². The first kappa shape index (κ1) is 29.6. The van der Waals surface area contributed by atoms with Crippen LogP contribution in [0.5, 0.6) is 11.5 Å². The van der Waals surface area contributed by atoms with E-state index >= 15 is 8.78 Å². The molecule has 0 radical (unpaired) electrons. The monoisotopic (exact) mass is 621 g/mol. The van der Waals surface area contributed by atoms with Crippen LogP contribution in [0, 0.1) is 18.6 Å². The summed E-state index contributed by atoms with van der Waals surface area (Å²) in [4.78, 5) is 39.1. The topological polar surface area (TPSA) is 101 Å². The number of aromatic hydroxyl groups is 1. The number of anilines is 1. The van der Waals surface area contributed by atoms with Crippen LogP contribution < -0.4 is 15.3 Å². The number of aromatic nitrogens is 3. The van der Waals surface area contributed by atoms with Gasteiger partial charge < -0.3 is 19.6 Å². The number of fused-ring (bicyclic) bond motifs is 2. The van der Waals surface area contributed by atoms with Crippen LogP contribution in [0.3, 0.4) is 0 Å². The van der Waals surface area contributed by atoms with Crippen molar-refractivity contribution in [3.05, 3.63) is 81.5 Å². The fraction of sp³-hybridized carbons (Fsp3) is 0.312. The van der Waals surface area contributed by atoms with Crippen LogP contribution in [0.2, 0.25) is 5.02 Å². The molecule has 1 saturated heterocycles. The quantitative estimate of drug-likeness (QED) is 0.300. The highest BCUT2D eigenvalue weighted by Gasteiger charge is 2.37. The lowest BCUT2D eigenvalue weighted by Crippen LogP contribution is -2.56. The van der Waals surface area contributed by atoms with E-state index in [9.17, 15) is 14.7 Å². The van der Waals surface area contributed by atoms with Crippen molar-refractivity contribution in [2.24, 2.45) is 0 Å². The average molecular weight is 622 g/mol. The number of phenols is 1. The van der Waals surface area contributed by atoms with Crippen LogP contribution in [0.25, 0.3) is 27.7 Å². The third-order valence-electron chi connectivity index (χ3n) is 8.26. The summed E-state index contributed by atoms with van der Waals surface area (Å²) < 4.78 is 39.9. The number of pyridine rings is 1. The smallest absolute Gasteiger partial charge is 0.354 e. The van der Waals surface area contributed by atoms with Gasteiger partial charge in [0.2, 0.25) is 5.91 Å². The largest absolute Gasteiger partial charge is 0.507 e. The molecule has 1 amide bonds. The van der Waals surface area contributed by atoms with Gasteiger partial charge in [-0.1, -0.05) is 38.1 Å². The predicted molar refractivity (Wildman–Crippen MR) is 164 cm³/mol. The van der Waals surface area contributed by atoms with E-state index in [1.807, 2.05) is 18.7 Å². The first-order valence-corrected chi connectivity index (χ1v) is 14.6. The lowest BCUT2D eigenvalue weighted by atomic mass is 9.98. The Kier molecular flexibility index (Phi) is 7.53. The number of carbonyl (C=O) groups is 1. The molecule has 0 saturated carbocycles. The molecule has 1 fully saturated rings. The number of benzene rings is 2. The molecule has 2 aliphatic rings. The summed E-state index contributed by atoms with van der Waals surface area (Å²) >= 11 is 6.86. The zero-order valence-electron chi connectivity index (χ0n) is 24.4. The molecular formula is C32H30ClF2N5O4. The van der Waals surface area contributed by atoms with Crippen molar-refractivity contribution in [2.45, 2.75) is 39.2 Å². The maximum atomic E-state index is 17.3. The van der Waals surface area contributed by atoms with Crippen molar-refractivity contribution in [1.82, 2.24) is 19.4 Å². The van der Waals surface area contributed by atoms with Gasteiger partial charge in [0, 0.05) is 37.8 Å². The van der Waals surface area contributed by atoms with Crippen molar-refractivity contribution in [2.75, 3.05) is 31.1 Å². The molecule has 6 rings (SSSR count). The van der Waals surface area contributed by atoms with E-state index in [0.717, 1.165) is 10.6 Å². The number of nitrogens with zero attached hydrogens (tertiary/aromatic N) is 5. The van der Waals surface area contributed by atoms with E-state index < -0.39 is 34.2 Å². The number of ether oxygens (including phenoxy) is 1. The first-order chi connectivity index (χ1) is 21.0. The fourth-order valence-electron chi connectivity index (χ4n) is 6.19. The molecular weight excluding hydrogens is 592 g/mol. The van der Waals surface area contributed by atoms with Gasteiger partial charge in [0.1, 0.15) is 22.9 Å². The molecule has 4 aromatic rings. The van der Waals surface area contributed by atoms with Gasteiger partial charge in [-0.05, 0) is 42.7 Å². The Bertz CT molecular complexity index is 1890. The molecule has 0 aliphatic carbocycles. The molecule has 0 spiro atoms. The number of halogens is 3. The molecule has 12 heteroatoms.